The van der Waals surface area contributed by atoms with Gasteiger partial charge in [0.05, 0.1) is 12.0 Å². The molecule has 1 aromatic carbocycles. The number of benzene rings is 1. The predicted molar refractivity (Wildman–Crippen MR) is 99.7 cm³/mol. The molecule has 4 rings (SSSR count). The van der Waals surface area contributed by atoms with Gasteiger partial charge in [-0.2, -0.15) is 0 Å². The van der Waals surface area contributed by atoms with Gasteiger partial charge in [0.1, 0.15) is 17.9 Å². The molecule has 0 saturated carbocycles. The monoisotopic (exact) mass is 378 g/mol. The van der Waals surface area contributed by atoms with E-state index in [9.17, 15) is 4.79 Å². The highest BCUT2D eigenvalue weighted by atomic mass is 32.1. The van der Waals surface area contributed by atoms with Crippen LogP contribution < -0.4 is 4.74 Å². The maximum Gasteiger partial charge on any atom is 0.344 e. The average molecular weight is 378 g/mol. The molecule has 3 heterocycles. The Balaban J connectivity index is 1.44. The maximum absolute atomic E-state index is 12.5. The molecule has 0 atom stereocenters. The Morgan fingerprint density at radius 3 is 2.78 bits per heavy atom. The minimum absolute atomic E-state index is 0.0513. The molecule has 0 fully saturated rings. The van der Waals surface area contributed by atoms with Crippen LogP contribution in [-0.4, -0.2) is 15.9 Å². The zero-order valence-corrected chi connectivity index (χ0v) is 14.9. The topological polar surface area (TPSA) is 74.5 Å². The molecule has 134 valence electrons. The summed E-state index contributed by atoms with van der Waals surface area (Å²) in [6.45, 7) is 0.0513. The Morgan fingerprint density at radius 2 is 1.96 bits per heavy atom. The summed E-state index contributed by atoms with van der Waals surface area (Å²) in [6.07, 6.45) is 3.15. The fraction of sp³-hybridized carbons (Fsp3) is 0.0500. The van der Waals surface area contributed by atoms with E-state index in [-0.39, 0.29) is 18.1 Å². The number of para-hydroxylation sites is 1. The lowest BCUT2D eigenvalue weighted by Crippen LogP contribution is -2.08. The number of rotatable bonds is 6. The molecule has 0 aliphatic rings. The molecule has 0 aliphatic heterocycles. The van der Waals surface area contributed by atoms with Gasteiger partial charge >= 0.3 is 5.97 Å². The van der Waals surface area contributed by atoms with Gasteiger partial charge in [0, 0.05) is 11.6 Å². The molecule has 7 heteroatoms. The van der Waals surface area contributed by atoms with Gasteiger partial charge in [-0.25, -0.2) is 14.8 Å². The van der Waals surface area contributed by atoms with E-state index < -0.39 is 5.97 Å². The lowest BCUT2D eigenvalue weighted by Gasteiger charge is -2.09. The first-order valence-corrected chi connectivity index (χ1v) is 9.01. The Bertz CT molecular complexity index is 1030. The number of carbonyl (C=O) groups excluding carboxylic acids is 1. The Kier molecular flexibility index (Phi) is 4.93. The van der Waals surface area contributed by atoms with Gasteiger partial charge in [0.15, 0.2) is 10.8 Å². The van der Waals surface area contributed by atoms with Crippen molar-refractivity contribution >= 4 is 17.3 Å². The summed E-state index contributed by atoms with van der Waals surface area (Å²) in [6, 6.07) is 16.0. The molecule has 0 bridgehead atoms. The molecule has 0 unspecified atom stereocenters. The Labute approximate surface area is 159 Å². The van der Waals surface area contributed by atoms with Crippen molar-refractivity contribution in [2.24, 2.45) is 0 Å². The summed E-state index contributed by atoms with van der Waals surface area (Å²) >= 11 is 1.43. The Hall–Kier alpha value is -3.45. The highest BCUT2D eigenvalue weighted by Gasteiger charge is 2.17. The van der Waals surface area contributed by atoms with Gasteiger partial charge in [-0.1, -0.05) is 18.2 Å². The van der Waals surface area contributed by atoms with Crippen molar-refractivity contribution in [3.8, 4) is 22.4 Å². The summed E-state index contributed by atoms with van der Waals surface area (Å²) < 4.78 is 16.4. The first-order valence-electron chi connectivity index (χ1n) is 8.13. The van der Waals surface area contributed by atoms with E-state index in [1.54, 1.807) is 42.8 Å². The van der Waals surface area contributed by atoms with Crippen LogP contribution in [0, 0.1) is 0 Å². The fourth-order valence-corrected chi connectivity index (χ4v) is 3.10. The van der Waals surface area contributed by atoms with Crippen molar-refractivity contribution in [3.05, 3.63) is 83.7 Å². The number of hydrogen-bond donors (Lipinski definition) is 0. The highest BCUT2D eigenvalue weighted by molar-refractivity contribution is 7.13. The molecule has 0 N–H and O–H groups in total. The smallest absolute Gasteiger partial charge is 0.344 e. The summed E-state index contributed by atoms with van der Waals surface area (Å²) in [5.41, 5.74) is 0.900. The second-order valence-corrected chi connectivity index (χ2v) is 6.33. The number of aromatic nitrogens is 2. The highest BCUT2D eigenvalue weighted by Crippen LogP contribution is 2.26. The minimum Gasteiger partial charge on any atom is -0.462 e. The van der Waals surface area contributed by atoms with Crippen molar-refractivity contribution < 1.29 is 18.7 Å². The third kappa shape index (κ3) is 4.04. The lowest BCUT2D eigenvalue weighted by molar-refractivity contribution is 0.0465. The molecule has 0 spiro atoms. The van der Waals surface area contributed by atoms with E-state index in [4.69, 9.17) is 13.9 Å². The van der Waals surface area contributed by atoms with Gasteiger partial charge in [0.25, 0.3) is 0 Å². The molecule has 27 heavy (non-hydrogen) atoms. The number of nitrogens with zero attached hydrogens (tertiary/aromatic N) is 2. The van der Waals surface area contributed by atoms with Crippen LogP contribution in [0.3, 0.4) is 0 Å². The van der Waals surface area contributed by atoms with Crippen molar-refractivity contribution in [2.75, 3.05) is 0 Å². The lowest BCUT2D eigenvalue weighted by atomic mass is 10.2. The van der Waals surface area contributed by atoms with Crippen molar-refractivity contribution in [1.82, 2.24) is 9.97 Å². The second-order valence-electron chi connectivity index (χ2n) is 5.47. The molecular weight excluding hydrogens is 364 g/mol. The van der Waals surface area contributed by atoms with Crippen LogP contribution in [-0.2, 0) is 11.3 Å². The van der Waals surface area contributed by atoms with Crippen LogP contribution in [0.4, 0.5) is 0 Å². The van der Waals surface area contributed by atoms with Crippen molar-refractivity contribution in [1.29, 1.82) is 0 Å². The zero-order chi connectivity index (χ0) is 18.5. The van der Waals surface area contributed by atoms with Gasteiger partial charge < -0.3 is 13.9 Å². The standard InChI is InChI=1S/C20H14N2O4S/c23-20(25-12-14-13-27-19(22-14)17-9-5-11-24-17)16-8-4-10-21-18(16)26-15-6-2-1-3-7-15/h1-11,13H,12H2. The van der Waals surface area contributed by atoms with E-state index >= 15 is 0 Å². The fourth-order valence-electron chi connectivity index (χ4n) is 2.33. The molecule has 0 radical (unpaired) electrons. The van der Waals surface area contributed by atoms with Crippen LogP contribution in [0.25, 0.3) is 10.8 Å². The molecular formula is C20H14N2O4S. The van der Waals surface area contributed by atoms with Crippen molar-refractivity contribution in [2.45, 2.75) is 6.61 Å². The van der Waals surface area contributed by atoms with E-state index in [0.29, 0.717) is 17.2 Å². The second kappa shape index (κ2) is 7.84. The first kappa shape index (κ1) is 17.0. The van der Waals surface area contributed by atoms with E-state index in [1.807, 2.05) is 29.6 Å². The normalized spacial score (nSPS) is 10.5. The molecule has 6 nitrogen and oxygen atoms in total. The summed E-state index contributed by atoms with van der Waals surface area (Å²) in [4.78, 5) is 21.0. The zero-order valence-electron chi connectivity index (χ0n) is 14.1. The van der Waals surface area contributed by atoms with Gasteiger partial charge in [-0.3, -0.25) is 0 Å². The summed E-state index contributed by atoms with van der Waals surface area (Å²) in [5.74, 6) is 0.945. The summed E-state index contributed by atoms with van der Waals surface area (Å²) in [5, 5.41) is 2.57. The van der Waals surface area contributed by atoms with Crippen LogP contribution in [0.2, 0.25) is 0 Å². The quantitative estimate of drug-likeness (QED) is 0.442. The predicted octanol–water partition coefficient (Wildman–Crippen LogP) is 4.95. The number of furan rings is 1. The maximum atomic E-state index is 12.5. The minimum atomic E-state index is -0.526. The van der Waals surface area contributed by atoms with Crippen LogP contribution in [0.1, 0.15) is 16.1 Å². The number of hydrogen-bond acceptors (Lipinski definition) is 7. The Morgan fingerprint density at radius 1 is 1.07 bits per heavy atom. The third-order valence-corrected chi connectivity index (χ3v) is 4.49. The van der Waals surface area contributed by atoms with Crippen LogP contribution in [0.15, 0.2) is 76.9 Å². The van der Waals surface area contributed by atoms with E-state index in [2.05, 4.69) is 9.97 Å². The largest absolute Gasteiger partial charge is 0.462 e. The molecule has 4 aromatic rings. The first-order chi connectivity index (χ1) is 13.3. The molecule has 0 amide bonds. The van der Waals surface area contributed by atoms with E-state index in [0.717, 1.165) is 5.01 Å². The van der Waals surface area contributed by atoms with Gasteiger partial charge in [-0.05, 0) is 36.4 Å². The van der Waals surface area contributed by atoms with Gasteiger partial charge in [-0.15, -0.1) is 11.3 Å². The third-order valence-electron chi connectivity index (χ3n) is 3.58. The molecule has 3 aromatic heterocycles. The average Bonchev–Trinajstić information content (AvgIpc) is 3.39. The number of ether oxygens (including phenoxy) is 2. The van der Waals surface area contributed by atoms with E-state index in [1.165, 1.54) is 11.3 Å². The number of carbonyl (C=O) groups is 1. The number of esters is 1. The van der Waals surface area contributed by atoms with Gasteiger partial charge in [0.2, 0.25) is 5.88 Å². The SMILES string of the molecule is O=C(OCc1csc(-c2ccco2)n1)c1cccnc1Oc1ccccc1. The number of pyridine rings is 1. The summed E-state index contributed by atoms with van der Waals surface area (Å²) in [7, 11) is 0. The van der Waals surface area contributed by atoms with Crippen LogP contribution in [0.5, 0.6) is 11.6 Å². The van der Waals surface area contributed by atoms with Crippen molar-refractivity contribution in [3.63, 3.8) is 0 Å². The molecule has 0 aliphatic carbocycles. The molecule has 0 saturated heterocycles. The number of thiazole rings is 1. The van der Waals surface area contributed by atoms with Crippen LogP contribution >= 0.6 is 11.3 Å².